The molecule has 0 saturated carbocycles. The minimum atomic E-state index is -4.64. The molecule has 0 aliphatic heterocycles. The number of carbonyl (C=O) groups is 1. The van der Waals surface area contributed by atoms with Gasteiger partial charge in [0.25, 0.3) is 5.91 Å². The molecular weight excluding hydrogens is 386 g/mol. The van der Waals surface area contributed by atoms with Gasteiger partial charge in [0.1, 0.15) is 10.8 Å². The zero-order valence-electron chi connectivity index (χ0n) is 11.5. The van der Waals surface area contributed by atoms with Gasteiger partial charge in [0.05, 0.1) is 10.3 Å². The first-order valence-corrected chi connectivity index (χ1v) is 7.88. The highest BCUT2D eigenvalue weighted by Crippen LogP contribution is 2.31. The number of fused-ring (bicyclic) bond motifs is 1. The van der Waals surface area contributed by atoms with Crippen LogP contribution in [0.2, 0.25) is 10.2 Å². The Hall–Kier alpha value is -1.90. The third-order valence-corrected chi connectivity index (χ3v) is 4.38. The molecule has 1 N–H and O–H groups in total. The van der Waals surface area contributed by atoms with Gasteiger partial charge in [-0.05, 0) is 41.9 Å². The number of benzene rings is 1. The van der Waals surface area contributed by atoms with Crippen molar-refractivity contribution < 1.29 is 18.0 Å². The molecule has 2 aromatic heterocycles. The first kappa shape index (κ1) is 16.9. The van der Waals surface area contributed by atoms with E-state index in [9.17, 15) is 18.0 Å². The first-order chi connectivity index (χ1) is 11.3. The van der Waals surface area contributed by atoms with E-state index in [2.05, 4.69) is 14.7 Å². The maximum Gasteiger partial charge on any atom is 0.433 e. The maximum atomic E-state index is 12.6. The molecule has 0 radical (unpaired) electrons. The molecule has 4 nitrogen and oxygen atoms in total. The molecule has 0 unspecified atom stereocenters. The average Bonchev–Trinajstić information content (AvgIpc) is 2.88. The Morgan fingerprint density at radius 1 is 1.17 bits per heavy atom. The van der Waals surface area contributed by atoms with E-state index in [0.29, 0.717) is 16.5 Å². The Kier molecular flexibility index (Phi) is 4.37. The highest BCUT2D eigenvalue weighted by molar-refractivity contribution is 7.13. The van der Waals surface area contributed by atoms with Gasteiger partial charge in [-0.2, -0.15) is 17.5 Å². The summed E-state index contributed by atoms with van der Waals surface area (Å²) in [5, 5.41) is 3.16. The SMILES string of the molecule is O=C(Nc1nsc2cc(Cl)ccc12)c1ccc(C(F)(F)F)nc1Cl. The van der Waals surface area contributed by atoms with Crippen molar-refractivity contribution in [1.82, 2.24) is 9.36 Å². The lowest BCUT2D eigenvalue weighted by Crippen LogP contribution is -2.15. The number of anilines is 1. The monoisotopic (exact) mass is 391 g/mol. The summed E-state index contributed by atoms with van der Waals surface area (Å²) in [4.78, 5) is 15.4. The summed E-state index contributed by atoms with van der Waals surface area (Å²) in [7, 11) is 0. The summed E-state index contributed by atoms with van der Waals surface area (Å²) in [6.07, 6.45) is -4.64. The maximum absolute atomic E-state index is 12.6. The van der Waals surface area contributed by atoms with E-state index in [4.69, 9.17) is 23.2 Å². The average molecular weight is 392 g/mol. The van der Waals surface area contributed by atoms with Crippen LogP contribution in [0.25, 0.3) is 10.1 Å². The molecule has 3 rings (SSSR count). The number of amides is 1. The van der Waals surface area contributed by atoms with Crippen molar-refractivity contribution in [2.24, 2.45) is 0 Å². The van der Waals surface area contributed by atoms with Crippen molar-refractivity contribution in [2.45, 2.75) is 6.18 Å². The number of hydrogen-bond acceptors (Lipinski definition) is 4. The number of rotatable bonds is 2. The van der Waals surface area contributed by atoms with Crippen LogP contribution < -0.4 is 5.32 Å². The van der Waals surface area contributed by atoms with E-state index in [1.54, 1.807) is 18.2 Å². The number of hydrogen-bond donors (Lipinski definition) is 1. The second-order valence-corrected chi connectivity index (χ2v) is 6.26. The van der Waals surface area contributed by atoms with Crippen LogP contribution in [0.5, 0.6) is 0 Å². The number of alkyl halides is 3. The third kappa shape index (κ3) is 3.31. The van der Waals surface area contributed by atoms with E-state index in [0.717, 1.165) is 22.3 Å². The van der Waals surface area contributed by atoms with Crippen LogP contribution in [0.4, 0.5) is 19.0 Å². The van der Waals surface area contributed by atoms with E-state index in [1.165, 1.54) is 0 Å². The number of halogens is 5. The zero-order chi connectivity index (χ0) is 17.5. The predicted octanol–water partition coefficient (Wildman–Crippen LogP) is 5.27. The zero-order valence-corrected chi connectivity index (χ0v) is 13.8. The number of nitrogens with zero attached hydrogens (tertiary/aromatic N) is 2. The lowest BCUT2D eigenvalue weighted by Gasteiger charge is -2.08. The second kappa shape index (κ2) is 6.19. The van der Waals surface area contributed by atoms with Gasteiger partial charge in [-0.15, -0.1) is 0 Å². The van der Waals surface area contributed by atoms with Crippen LogP contribution in [-0.4, -0.2) is 15.3 Å². The van der Waals surface area contributed by atoms with Crippen LogP contribution in [0.1, 0.15) is 16.1 Å². The van der Waals surface area contributed by atoms with Crippen LogP contribution in [0, 0.1) is 0 Å². The fraction of sp³-hybridized carbons (Fsp3) is 0.0714. The minimum Gasteiger partial charge on any atom is -0.305 e. The third-order valence-electron chi connectivity index (χ3n) is 3.05. The van der Waals surface area contributed by atoms with Gasteiger partial charge < -0.3 is 5.32 Å². The summed E-state index contributed by atoms with van der Waals surface area (Å²) in [6.45, 7) is 0. The largest absolute Gasteiger partial charge is 0.433 e. The lowest BCUT2D eigenvalue weighted by atomic mass is 10.2. The van der Waals surface area contributed by atoms with Gasteiger partial charge in [-0.25, -0.2) is 4.98 Å². The Balaban J connectivity index is 1.89. The van der Waals surface area contributed by atoms with Crippen LogP contribution in [-0.2, 0) is 6.18 Å². The Bertz CT molecular complexity index is 943. The standard InChI is InChI=1S/C14H6Cl2F3N3OS/c15-6-1-2-7-9(5-6)24-22-12(7)21-13(23)8-3-4-10(14(17,18)19)20-11(8)16/h1-5H,(H,21,22,23). The molecule has 2 heterocycles. The van der Waals surface area contributed by atoms with Crippen molar-refractivity contribution in [1.29, 1.82) is 0 Å². The fourth-order valence-corrected chi connectivity index (χ4v) is 3.19. The molecule has 0 spiro atoms. The first-order valence-electron chi connectivity index (χ1n) is 6.36. The van der Waals surface area contributed by atoms with Gasteiger partial charge in [0.15, 0.2) is 5.82 Å². The topological polar surface area (TPSA) is 54.9 Å². The molecule has 0 fully saturated rings. The van der Waals surface area contributed by atoms with Crippen molar-refractivity contribution in [3.05, 3.63) is 51.8 Å². The van der Waals surface area contributed by atoms with Gasteiger partial charge in [-0.1, -0.05) is 23.2 Å². The molecule has 0 atom stereocenters. The van der Waals surface area contributed by atoms with Gasteiger partial charge in [0.2, 0.25) is 0 Å². The summed E-state index contributed by atoms with van der Waals surface area (Å²) in [5.74, 6) is -0.434. The van der Waals surface area contributed by atoms with E-state index >= 15 is 0 Å². The Morgan fingerprint density at radius 3 is 2.58 bits per heavy atom. The molecule has 3 aromatic rings. The normalized spacial score (nSPS) is 11.7. The number of aromatic nitrogens is 2. The Labute approximate surface area is 147 Å². The highest BCUT2D eigenvalue weighted by Gasteiger charge is 2.33. The summed E-state index contributed by atoms with van der Waals surface area (Å²) < 4.78 is 42.6. The van der Waals surface area contributed by atoms with E-state index < -0.39 is 22.9 Å². The Morgan fingerprint density at radius 2 is 1.92 bits per heavy atom. The number of pyridine rings is 1. The lowest BCUT2D eigenvalue weighted by molar-refractivity contribution is -0.141. The predicted molar refractivity (Wildman–Crippen MR) is 86.8 cm³/mol. The molecule has 0 aliphatic carbocycles. The van der Waals surface area contributed by atoms with Crippen LogP contribution in [0.15, 0.2) is 30.3 Å². The van der Waals surface area contributed by atoms with Gasteiger partial charge in [-0.3, -0.25) is 4.79 Å². The molecule has 0 saturated heterocycles. The van der Waals surface area contributed by atoms with Crippen LogP contribution in [0.3, 0.4) is 0 Å². The summed E-state index contributed by atoms with van der Waals surface area (Å²) in [6, 6.07) is 6.68. The van der Waals surface area contributed by atoms with E-state index in [1.807, 2.05) is 0 Å². The van der Waals surface area contributed by atoms with Crippen molar-refractivity contribution in [2.75, 3.05) is 5.32 Å². The van der Waals surface area contributed by atoms with Crippen molar-refractivity contribution >= 4 is 56.5 Å². The summed E-state index contributed by atoms with van der Waals surface area (Å²) >= 11 is 12.7. The number of nitrogens with one attached hydrogen (secondary N) is 1. The second-order valence-electron chi connectivity index (χ2n) is 4.66. The highest BCUT2D eigenvalue weighted by atomic mass is 35.5. The smallest absolute Gasteiger partial charge is 0.305 e. The molecule has 10 heteroatoms. The van der Waals surface area contributed by atoms with Gasteiger partial charge >= 0.3 is 6.18 Å². The molecule has 0 aliphatic rings. The van der Waals surface area contributed by atoms with Crippen molar-refractivity contribution in [3.8, 4) is 0 Å². The fourth-order valence-electron chi connectivity index (χ4n) is 1.94. The molecule has 24 heavy (non-hydrogen) atoms. The van der Waals surface area contributed by atoms with Crippen LogP contribution >= 0.6 is 34.7 Å². The van der Waals surface area contributed by atoms with E-state index in [-0.39, 0.29) is 11.4 Å². The molecule has 1 aromatic carbocycles. The molecule has 1 amide bonds. The number of carbonyl (C=O) groups excluding carboxylic acids is 1. The molecule has 0 bridgehead atoms. The van der Waals surface area contributed by atoms with Crippen molar-refractivity contribution in [3.63, 3.8) is 0 Å². The van der Waals surface area contributed by atoms with Gasteiger partial charge in [0, 0.05) is 10.4 Å². The summed E-state index contributed by atoms with van der Waals surface area (Å²) in [5.41, 5.74) is -1.35. The quantitative estimate of drug-likeness (QED) is 0.605. The molecule has 124 valence electrons. The minimum absolute atomic E-state index is 0.181. The molecular formula is C14H6Cl2F3N3OS.